The van der Waals surface area contributed by atoms with Crippen molar-refractivity contribution < 1.29 is 4.57 Å². The molecule has 0 N–H and O–H groups in total. The van der Waals surface area contributed by atoms with Crippen molar-refractivity contribution in [1.29, 1.82) is 0 Å². The van der Waals surface area contributed by atoms with E-state index in [1.54, 1.807) is 15.4 Å². The molecule has 0 heterocycles. The van der Waals surface area contributed by atoms with Crippen molar-refractivity contribution in [2.75, 3.05) is 35.2 Å². The molecule has 4 nitrogen and oxygen atoms in total. The summed E-state index contributed by atoms with van der Waals surface area (Å²) in [5.41, 5.74) is 0. The molecule has 14 heavy (non-hydrogen) atoms. The molecule has 0 aliphatic rings. The highest BCUT2D eigenvalue weighted by atomic mass is 31.2. The first-order valence-electron chi connectivity index (χ1n) is 4.60. The van der Waals surface area contributed by atoms with E-state index in [9.17, 15) is 4.57 Å². The Kier molecular flexibility index (Phi) is 5.02. The zero-order valence-electron chi connectivity index (χ0n) is 10.1. The van der Waals surface area contributed by atoms with Crippen molar-refractivity contribution >= 4 is 7.59 Å². The van der Waals surface area contributed by atoms with Crippen molar-refractivity contribution in [1.82, 2.24) is 14.0 Å². The highest BCUT2D eigenvalue weighted by Crippen LogP contribution is 2.53. The monoisotopic (exact) mass is 219 g/mol. The van der Waals surface area contributed by atoms with Gasteiger partial charge in [0.05, 0.1) is 0 Å². The third-order valence-electron chi connectivity index (χ3n) is 2.38. The number of rotatable bonds is 5. The Bertz CT molecular complexity index is 228. The fourth-order valence-corrected chi connectivity index (χ4v) is 3.72. The van der Waals surface area contributed by atoms with Gasteiger partial charge in [-0.25, -0.2) is 14.0 Å². The van der Waals surface area contributed by atoms with E-state index >= 15 is 0 Å². The van der Waals surface area contributed by atoms with Gasteiger partial charge in [-0.15, -0.1) is 6.58 Å². The summed E-state index contributed by atoms with van der Waals surface area (Å²) in [5.74, 6) is 0. The van der Waals surface area contributed by atoms with Gasteiger partial charge in [0.1, 0.15) is 0 Å². The summed E-state index contributed by atoms with van der Waals surface area (Å²) in [6.07, 6.45) is 1.79. The molecule has 1 unspecified atom stereocenters. The van der Waals surface area contributed by atoms with Crippen LogP contribution in [0.5, 0.6) is 0 Å². The normalized spacial score (nSPS) is 15.2. The molecule has 0 fully saturated rings. The molecule has 0 aliphatic carbocycles. The van der Waals surface area contributed by atoms with E-state index < -0.39 is 7.59 Å². The molecule has 0 saturated heterocycles. The molecule has 0 amide bonds. The van der Waals surface area contributed by atoms with Gasteiger partial charge in [-0.3, -0.25) is 4.57 Å². The first-order valence-corrected chi connectivity index (χ1v) is 6.16. The maximum atomic E-state index is 12.6. The standard InChI is InChI=1S/C9H22N3OP/c1-8-9(2)12(7)14(13,10(3)4)11(5)6/h8-9H,1H2,2-7H3. The number of hydrogen-bond acceptors (Lipinski definition) is 1. The molecule has 0 radical (unpaired) electrons. The molecule has 0 aromatic carbocycles. The molecule has 0 rings (SSSR count). The minimum absolute atomic E-state index is 0.0885. The summed E-state index contributed by atoms with van der Waals surface area (Å²) in [6, 6.07) is 0.0885. The quantitative estimate of drug-likeness (QED) is 0.519. The summed E-state index contributed by atoms with van der Waals surface area (Å²) in [4.78, 5) is 0. The van der Waals surface area contributed by atoms with Gasteiger partial charge in [0.15, 0.2) is 0 Å². The predicted octanol–water partition coefficient (Wildman–Crippen LogP) is 1.72. The van der Waals surface area contributed by atoms with Crippen LogP contribution in [-0.2, 0) is 4.57 Å². The molecule has 84 valence electrons. The largest absolute Gasteiger partial charge is 0.286 e. The second kappa shape index (κ2) is 5.08. The lowest BCUT2D eigenvalue weighted by molar-refractivity contribution is 0.340. The van der Waals surface area contributed by atoms with Gasteiger partial charge in [0, 0.05) is 6.04 Å². The second-order valence-electron chi connectivity index (χ2n) is 3.76. The van der Waals surface area contributed by atoms with Crippen molar-refractivity contribution in [3.8, 4) is 0 Å². The predicted molar refractivity (Wildman–Crippen MR) is 62.4 cm³/mol. The van der Waals surface area contributed by atoms with Gasteiger partial charge in [-0.1, -0.05) is 6.08 Å². The summed E-state index contributed by atoms with van der Waals surface area (Å²) in [5, 5.41) is 0. The van der Waals surface area contributed by atoms with E-state index in [0.29, 0.717) is 0 Å². The van der Waals surface area contributed by atoms with Gasteiger partial charge < -0.3 is 0 Å². The minimum atomic E-state index is -2.60. The van der Waals surface area contributed by atoms with Crippen LogP contribution in [-0.4, -0.2) is 55.3 Å². The van der Waals surface area contributed by atoms with Crippen LogP contribution in [0.2, 0.25) is 0 Å². The van der Waals surface area contributed by atoms with E-state index in [1.807, 2.05) is 46.8 Å². The Morgan fingerprint density at radius 3 is 1.71 bits per heavy atom. The van der Waals surface area contributed by atoms with Crippen LogP contribution in [0.25, 0.3) is 0 Å². The van der Waals surface area contributed by atoms with E-state index in [2.05, 4.69) is 6.58 Å². The van der Waals surface area contributed by atoms with E-state index in [-0.39, 0.29) is 6.04 Å². The molecule has 0 aromatic heterocycles. The van der Waals surface area contributed by atoms with E-state index in [1.165, 1.54) is 0 Å². The third-order valence-corrected chi connectivity index (χ3v) is 5.65. The van der Waals surface area contributed by atoms with Gasteiger partial charge in [0.25, 0.3) is 7.59 Å². The maximum Gasteiger partial charge on any atom is 0.286 e. The SMILES string of the molecule is C=CC(C)N(C)P(=O)(N(C)C)N(C)C. The van der Waals surface area contributed by atoms with Gasteiger partial charge in [-0.2, -0.15) is 0 Å². The smallest absolute Gasteiger partial charge is 0.270 e. The lowest BCUT2D eigenvalue weighted by atomic mass is 10.3. The topological polar surface area (TPSA) is 26.8 Å². The first kappa shape index (κ1) is 13.8. The van der Waals surface area contributed by atoms with Gasteiger partial charge in [0.2, 0.25) is 0 Å². The number of nitrogens with zero attached hydrogens (tertiary/aromatic N) is 3. The average molecular weight is 219 g/mol. The first-order chi connectivity index (χ1) is 6.28. The van der Waals surface area contributed by atoms with Crippen molar-refractivity contribution in [2.45, 2.75) is 13.0 Å². The molecular weight excluding hydrogens is 197 g/mol. The van der Waals surface area contributed by atoms with Crippen LogP contribution in [0.15, 0.2) is 12.7 Å². The number of likely N-dealkylation sites (N-methyl/N-ethyl adjacent to an activating group) is 1. The molecule has 0 saturated carbocycles. The summed E-state index contributed by atoms with van der Waals surface area (Å²) < 4.78 is 18.0. The van der Waals surface area contributed by atoms with E-state index in [4.69, 9.17) is 0 Å². The molecule has 1 atom stereocenters. The molecule has 0 spiro atoms. The zero-order valence-corrected chi connectivity index (χ0v) is 11.0. The fourth-order valence-electron chi connectivity index (χ4n) is 1.31. The Morgan fingerprint density at radius 1 is 1.14 bits per heavy atom. The average Bonchev–Trinajstić information content (AvgIpc) is 2.13. The molecule has 0 aliphatic heterocycles. The Morgan fingerprint density at radius 2 is 1.50 bits per heavy atom. The van der Waals surface area contributed by atoms with Crippen LogP contribution in [0, 0.1) is 0 Å². The number of hydrogen-bond donors (Lipinski definition) is 0. The Hall–Kier alpha value is -0.150. The minimum Gasteiger partial charge on any atom is -0.270 e. The Labute approximate surface area is 87.7 Å². The van der Waals surface area contributed by atoms with Crippen molar-refractivity contribution in [2.24, 2.45) is 0 Å². The Balaban J connectivity index is 5.02. The lowest BCUT2D eigenvalue weighted by Crippen LogP contribution is -2.36. The summed E-state index contributed by atoms with van der Waals surface area (Å²) in [7, 11) is 6.56. The molecule has 5 heteroatoms. The molecule has 0 aromatic rings. The van der Waals surface area contributed by atoms with Crippen molar-refractivity contribution in [3.63, 3.8) is 0 Å². The lowest BCUT2D eigenvalue weighted by Gasteiger charge is -2.39. The van der Waals surface area contributed by atoms with Crippen LogP contribution < -0.4 is 0 Å². The summed E-state index contributed by atoms with van der Waals surface area (Å²) >= 11 is 0. The molecule has 0 bridgehead atoms. The summed E-state index contributed by atoms with van der Waals surface area (Å²) in [6.45, 7) is 5.69. The van der Waals surface area contributed by atoms with Crippen LogP contribution in [0.4, 0.5) is 0 Å². The zero-order chi connectivity index (χ0) is 11.5. The van der Waals surface area contributed by atoms with Crippen LogP contribution in [0.1, 0.15) is 6.92 Å². The third kappa shape index (κ3) is 2.45. The van der Waals surface area contributed by atoms with Crippen LogP contribution in [0.3, 0.4) is 0 Å². The van der Waals surface area contributed by atoms with Crippen LogP contribution >= 0.6 is 7.59 Å². The van der Waals surface area contributed by atoms with Gasteiger partial charge in [-0.05, 0) is 42.2 Å². The van der Waals surface area contributed by atoms with Gasteiger partial charge >= 0.3 is 0 Å². The van der Waals surface area contributed by atoms with E-state index in [0.717, 1.165) is 0 Å². The maximum absolute atomic E-state index is 12.6. The second-order valence-corrected chi connectivity index (χ2v) is 7.02. The fraction of sp³-hybridized carbons (Fsp3) is 0.778. The highest BCUT2D eigenvalue weighted by molar-refractivity contribution is 7.56. The molecular formula is C9H22N3OP. The highest BCUT2D eigenvalue weighted by Gasteiger charge is 2.34. The van der Waals surface area contributed by atoms with Crippen molar-refractivity contribution in [3.05, 3.63) is 12.7 Å².